The van der Waals surface area contributed by atoms with Crippen LogP contribution >= 0.6 is 31.9 Å². The zero-order chi connectivity index (χ0) is 32.5. The molecule has 5 aromatic carbocycles. The smallest absolute Gasteiger partial charge is 0.394 e. The molecule has 0 fully saturated rings. The monoisotopic (exact) mass is 740 g/mol. The van der Waals surface area contributed by atoms with E-state index in [2.05, 4.69) is 78.9 Å². The Labute approximate surface area is 283 Å². The number of rotatable bonds is 11. The van der Waals surface area contributed by atoms with Gasteiger partial charge in [-0.1, -0.05) is 117 Å². The molecular formula is C37H30Br2N2O5. The Morgan fingerprint density at radius 2 is 1.33 bits per heavy atom. The van der Waals surface area contributed by atoms with Crippen molar-refractivity contribution in [3.05, 3.63) is 153 Å². The van der Waals surface area contributed by atoms with Crippen LogP contribution in [0.15, 0.2) is 130 Å². The number of carboxylic acid groups (broad SMARTS) is 1. The third kappa shape index (κ3) is 8.71. The van der Waals surface area contributed by atoms with Gasteiger partial charge in [0.2, 0.25) is 0 Å². The average molecular weight is 742 g/mol. The lowest BCUT2D eigenvalue weighted by molar-refractivity contribution is -0.150. The molecule has 7 nitrogen and oxygen atoms in total. The summed E-state index contributed by atoms with van der Waals surface area (Å²) in [6, 6.07) is 37.6. The number of halogens is 2. The molecule has 0 spiro atoms. The number of hydrogen-bond donors (Lipinski definition) is 3. The largest absolute Gasteiger partial charge is 0.474 e. The second-order valence-corrected chi connectivity index (χ2v) is 12.2. The molecule has 0 saturated carbocycles. The van der Waals surface area contributed by atoms with E-state index < -0.39 is 17.9 Å². The van der Waals surface area contributed by atoms with Gasteiger partial charge in [0.05, 0.1) is 6.04 Å². The van der Waals surface area contributed by atoms with Gasteiger partial charge in [0.1, 0.15) is 11.5 Å². The summed E-state index contributed by atoms with van der Waals surface area (Å²) < 4.78 is 7.22. The van der Waals surface area contributed by atoms with Crippen LogP contribution in [0.1, 0.15) is 33.1 Å². The number of hydrogen-bond acceptors (Lipinski definition) is 4. The minimum atomic E-state index is -1.58. The summed E-state index contributed by atoms with van der Waals surface area (Å²) in [5.74, 6) is -1.76. The minimum absolute atomic E-state index is 0.227. The van der Waals surface area contributed by atoms with Crippen molar-refractivity contribution in [3.63, 3.8) is 0 Å². The fourth-order valence-electron chi connectivity index (χ4n) is 4.94. The van der Waals surface area contributed by atoms with E-state index in [4.69, 9.17) is 4.74 Å². The first-order valence-corrected chi connectivity index (χ1v) is 16.1. The minimum Gasteiger partial charge on any atom is -0.474 e. The molecule has 0 radical (unpaired) electrons. The molecule has 2 amide bonds. The van der Waals surface area contributed by atoms with Crippen molar-refractivity contribution in [2.24, 2.45) is 0 Å². The maximum atomic E-state index is 13.1. The highest BCUT2D eigenvalue weighted by molar-refractivity contribution is 9.11. The van der Waals surface area contributed by atoms with Crippen molar-refractivity contribution in [1.82, 2.24) is 10.6 Å². The predicted octanol–water partition coefficient (Wildman–Crippen LogP) is 8.13. The molecular weight excluding hydrogens is 712 g/mol. The first-order chi connectivity index (χ1) is 22.3. The molecule has 5 aromatic rings. The van der Waals surface area contributed by atoms with Gasteiger partial charge in [-0.25, -0.2) is 4.79 Å². The highest BCUT2D eigenvalue weighted by atomic mass is 79.9. The molecule has 3 N–H and O–H groups in total. The van der Waals surface area contributed by atoms with Crippen LogP contribution in [0, 0.1) is 0 Å². The van der Waals surface area contributed by atoms with Crippen molar-refractivity contribution in [2.45, 2.75) is 18.9 Å². The number of nitrogens with one attached hydrogen (secondary N) is 2. The summed E-state index contributed by atoms with van der Waals surface area (Å²) in [6.07, 6.45) is 0.912. The zero-order valence-corrected chi connectivity index (χ0v) is 27.8. The van der Waals surface area contributed by atoms with Gasteiger partial charge in [0, 0.05) is 21.1 Å². The standard InChI is InChI=1S/C37H30Br2N2O5/c38-32-21-28(35(42)40-19-18-24-14-16-26(17-15-24)25-8-3-1-4-9-25)22-33(39)31(32)23-34(41-36(43)37(44)45)27-10-7-13-30(20-27)46-29-11-5-2-6-12-29/h1-17,20-22,34H,18-19,23H2,(H,40,42)(H,41,43)(H,44,45). The highest BCUT2D eigenvalue weighted by Crippen LogP contribution is 2.33. The SMILES string of the molecule is O=C(O)C(=O)NC(Cc1c(Br)cc(C(=O)NCCc2ccc(-c3ccccc3)cc2)cc1Br)c1cccc(Oc2ccccc2)c1. The second kappa shape index (κ2) is 15.5. The lowest BCUT2D eigenvalue weighted by Crippen LogP contribution is -2.35. The molecule has 0 aliphatic rings. The van der Waals surface area contributed by atoms with Gasteiger partial charge in [0.15, 0.2) is 0 Å². The van der Waals surface area contributed by atoms with Crippen molar-refractivity contribution in [1.29, 1.82) is 0 Å². The summed E-state index contributed by atoms with van der Waals surface area (Å²) in [4.78, 5) is 36.8. The fraction of sp³-hybridized carbons (Fsp3) is 0.108. The van der Waals surface area contributed by atoms with Gasteiger partial charge in [-0.15, -0.1) is 0 Å². The van der Waals surface area contributed by atoms with Gasteiger partial charge < -0.3 is 20.5 Å². The van der Waals surface area contributed by atoms with Crippen LogP contribution in [0.2, 0.25) is 0 Å². The number of ether oxygens (including phenoxy) is 1. The summed E-state index contributed by atoms with van der Waals surface area (Å²) in [5, 5.41) is 14.9. The molecule has 5 rings (SSSR count). The molecule has 0 saturated heterocycles. The van der Waals surface area contributed by atoms with E-state index in [-0.39, 0.29) is 12.3 Å². The van der Waals surface area contributed by atoms with Crippen molar-refractivity contribution < 1.29 is 24.2 Å². The number of carboxylic acids is 1. The number of carbonyl (C=O) groups is 3. The molecule has 1 atom stereocenters. The lowest BCUT2D eigenvalue weighted by Gasteiger charge is -2.21. The third-order valence-corrected chi connectivity index (χ3v) is 8.73. The third-order valence-electron chi connectivity index (χ3n) is 7.31. The van der Waals surface area contributed by atoms with Crippen LogP contribution in [-0.4, -0.2) is 29.4 Å². The zero-order valence-electron chi connectivity index (χ0n) is 24.6. The van der Waals surface area contributed by atoms with E-state index in [0.29, 0.717) is 44.5 Å². The molecule has 9 heteroatoms. The molecule has 0 aliphatic carbocycles. The second-order valence-electron chi connectivity index (χ2n) is 10.5. The molecule has 0 aromatic heterocycles. The Bertz CT molecular complexity index is 1810. The average Bonchev–Trinajstić information content (AvgIpc) is 3.07. The highest BCUT2D eigenvalue weighted by Gasteiger charge is 2.23. The summed E-state index contributed by atoms with van der Waals surface area (Å²) in [5.41, 5.74) is 5.27. The predicted molar refractivity (Wildman–Crippen MR) is 185 cm³/mol. The lowest BCUT2D eigenvalue weighted by atomic mass is 9.97. The Morgan fingerprint density at radius 1 is 0.717 bits per heavy atom. The van der Waals surface area contributed by atoms with Crippen LogP contribution in [0.4, 0.5) is 0 Å². The van der Waals surface area contributed by atoms with Gasteiger partial charge in [-0.3, -0.25) is 9.59 Å². The maximum Gasteiger partial charge on any atom is 0.394 e. The van der Waals surface area contributed by atoms with E-state index >= 15 is 0 Å². The van der Waals surface area contributed by atoms with E-state index in [1.54, 1.807) is 36.4 Å². The van der Waals surface area contributed by atoms with Gasteiger partial charge >= 0.3 is 11.9 Å². The summed E-state index contributed by atoms with van der Waals surface area (Å²) >= 11 is 7.18. The topological polar surface area (TPSA) is 105 Å². The first-order valence-electron chi connectivity index (χ1n) is 14.5. The molecule has 46 heavy (non-hydrogen) atoms. The Kier molecular flexibility index (Phi) is 11.0. The Balaban J connectivity index is 1.26. The normalized spacial score (nSPS) is 11.3. The van der Waals surface area contributed by atoms with Crippen molar-refractivity contribution in [3.8, 4) is 22.6 Å². The Hall–Kier alpha value is -4.73. The molecule has 0 heterocycles. The number of benzene rings is 5. The van der Waals surface area contributed by atoms with E-state index in [1.807, 2.05) is 48.5 Å². The summed E-state index contributed by atoms with van der Waals surface area (Å²) in [7, 11) is 0. The molecule has 232 valence electrons. The fourth-order valence-corrected chi connectivity index (χ4v) is 6.45. The molecule has 0 aliphatic heterocycles. The van der Waals surface area contributed by atoms with E-state index in [9.17, 15) is 19.5 Å². The Morgan fingerprint density at radius 3 is 1.98 bits per heavy atom. The van der Waals surface area contributed by atoms with Gasteiger partial charge in [-0.2, -0.15) is 0 Å². The number of para-hydroxylation sites is 1. The van der Waals surface area contributed by atoms with Crippen LogP contribution in [0.5, 0.6) is 11.5 Å². The van der Waals surface area contributed by atoms with Crippen LogP contribution < -0.4 is 15.4 Å². The number of aliphatic carboxylic acids is 1. The molecule has 1 unspecified atom stereocenters. The number of amides is 2. The molecule has 0 bridgehead atoms. The van der Waals surface area contributed by atoms with Gasteiger partial charge in [0.25, 0.3) is 5.91 Å². The number of carbonyl (C=O) groups excluding carboxylic acids is 2. The van der Waals surface area contributed by atoms with Crippen LogP contribution in [0.3, 0.4) is 0 Å². The van der Waals surface area contributed by atoms with Crippen molar-refractivity contribution >= 4 is 49.6 Å². The van der Waals surface area contributed by atoms with E-state index in [0.717, 1.165) is 22.3 Å². The first kappa shape index (κ1) is 32.7. The van der Waals surface area contributed by atoms with Crippen LogP contribution in [0.25, 0.3) is 11.1 Å². The maximum absolute atomic E-state index is 13.1. The van der Waals surface area contributed by atoms with Crippen molar-refractivity contribution in [2.75, 3.05) is 6.54 Å². The quantitative estimate of drug-likeness (QED) is 0.119. The van der Waals surface area contributed by atoms with Crippen LogP contribution in [-0.2, 0) is 22.4 Å². The van der Waals surface area contributed by atoms with E-state index in [1.165, 1.54) is 0 Å². The van der Waals surface area contributed by atoms with Gasteiger partial charge in [-0.05, 0) is 77.1 Å². The summed E-state index contributed by atoms with van der Waals surface area (Å²) in [6.45, 7) is 0.463.